The van der Waals surface area contributed by atoms with E-state index in [4.69, 9.17) is 4.42 Å². The Morgan fingerprint density at radius 1 is 1.67 bits per heavy atom. The first kappa shape index (κ1) is 10.4. The molecular formula is C12H17NO2. The summed E-state index contributed by atoms with van der Waals surface area (Å²) in [6.45, 7) is 4.05. The normalized spacial score (nSPS) is 26.5. The lowest BCUT2D eigenvalue weighted by Crippen LogP contribution is -2.39. The molecule has 1 aliphatic heterocycles. The third-order valence-corrected chi connectivity index (χ3v) is 3.13. The van der Waals surface area contributed by atoms with Gasteiger partial charge >= 0.3 is 0 Å². The summed E-state index contributed by atoms with van der Waals surface area (Å²) in [5, 5.41) is 3.30. The summed E-state index contributed by atoms with van der Waals surface area (Å²) >= 11 is 0. The molecule has 0 saturated carbocycles. The first-order valence-electron chi connectivity index (χ1n) is 5.53. The van der Waals surface area contributed by atoms with Crippen molar-refractivity contribution < 1.29 is 9.21 Å². The van der Waals surface area contributed by atoms with Gasteiger partial charge in [0, 0.05) is 5.92 Å². The summed E-state index contributed by atoms with van der Waals surface area (Å²) in [5.41, 5.74) is 0. The molecule has 0 radical (unpaired) electrons. The third kappa shape index (κ3) is 2.48. The van der Waals surface area contributed by atoms with Crippen LogP contribution < -0.4 is 5.32 Å². The van der Waals surface area contributed by atoms with E-state index in [-0.39, 0.29) is 5.92 Å². The van der Waals surface area contributed by atoms with Crippen molar-refractivity contribution in [2.75, 3.05) is 13.1 Å². The molecule has 1 aromatic heterocycles. The van der Waals surface area contributed by atoms with Crippen LogP contribution in [-0.2, 0) is 11.2 Å². The maximum absolute atomic E-state index is 12.0. The van der Waals surface area contributed by atoms with Crippen molar-refractivity contribution in [3.8, 4) is 0 Å². The lowest BCUT2D eigenvalue weighted by molar-refractivity contribution is -0.124. The Hall–Kier alpha value is -1.09. The second-order valence-electron chi connectivity index (χ2n) is 4.30. The standard InChI is InChI=1S/C12H17NO2/c1-9-8-13-5-4-11(9)12(14)7-10-3-2-6-15-10/h2-3,6,9,11,13H,4-5,7-8H2,1H3. The number of ketones is 1. The Morgan fingerprint density at radius 3 is 3.20 bits per heavy atom. The molecule has 1 saturated heterocycles. The zero-order valence-corrected chi connectivity index (χ0v) is 9.03. The number of Topliss-reactive ketones (excluding diaryl/α,β-unsaturated/α-hetero) is 1. The maximum Gasteiger partial charge on any atom is 0.143 e. The summed E-state index contributed by atoms with van der Waals surface area (Å²) in [4.78, 5) is 12.0. The summed E-state index contributed by atoms with van der Waals surface area (Å²) < 4.78 is 5.19. The second kappa shape index (κ2) is 4.62. The predicted molar refractivity (Wildman–Crippen MR) is 57.6 cm³/mol. The average Bonchev–Trinajstić information content (AvgIpc) is 2.71. The number of furan rings is 1. The van der Waals surface area contributed by atoms with E-state index in [0.29, 0.717) is 18.1 Å². The lowest BCUT2D eigenvalue weighted by Gasteiger charge is -2.28. The molecule has 3 nitrogen and oxygen atoms in total. The van der Waals surface area contributed by atoms with Crippen molar-refractivity contribution in [2.24, 2.45) is 11.8 Å². The Bertz CT molecular complexity index is 318. The summed E-state index contributed by atoms with van der Waals surface area (Å²) in [6, 6.07) is 3.69. The lowest BCUT2D eigenvalue weighted by atomic mass is 9.83. The topological polar surface area (TPSA) is 42.2 Å². The van der Waals surface area contributed by atoms with E-state index in [1.807, 2.05) is 12.1 Å². The first-order valence-corrected chi connectivity index (χ1v) is 5.53. The van der Waals surface area contributed by atoms with Crippen LogP contribution >= 0.6 is 0 Å². The average molecular weight is 207 g/mol. The molecule has 3 heteroatoms. The highest BCUT2D eigenvalue weighted by Gasteiger charge is 2.27. The molecule has 0 bridgehead atoms. The molecule has 0 aliphatic carbocycles. The van der Waals surface area contributed by atoms with Crippen molar-refractivity contribution in [1.29, 1.82) is 0 Å². The van der Waals surface area contributed by atoms with Crippen LogP contribution in [0.3, 0.4) is 0 Å². The maximum atomic E-state index is 12.0. The van der Waals surface area contributed by atoms with Crippen LogP contribution in [0, 0.1) is 11.8 Å². The molecule has 1 N–H and O–H groups in total. The summed E-state index contributed by atoms with van der Waals surface area (Å²) in [5.74, 6) is 1.75. The van der Waals surface area contributed by atoms with Gasteiger partial charge in [0.1, 0.15) is 11.5 Å². The van der Waals surface area contributed by atoms with Gasteiger partial charge in [-0.05, 0) is 37.6 Å². The van der Waals surface area contributed by atoms with Gasteiger partial charge in [0.15, 0.2) is 0 Å². The zero-order chi connectivity index (χ0) is 10.7. The molecule has 1 aromatic rings. The van der Waals surface area contributed by atoms with Gasteiger partial charge in [-0.2, -0.15) is 0 Å². The number of hydrogen-bond donors (Lipinski definition) is 1. The molecule has 0 spiro atoms. The Morgan fingerprint density at radius 2 is 2.53 bits per heavy atom. The molecule has 82 valence electrons. The minimum absolute atomic E-state index is 0.205. The largest absolute Gasteiger partial charge is 0.469 e. The number of piperidine rings is 1. The molecule has 0 aromatic carbocycles. The van der Waals surface area contributed by atoms with Crippen molar-refractivity contribution in [2.45, 2.75) is 19.8 Å². The van der Waals surface area contributed by atoms with Gasteiger partial charge in [0.2, 0.25) is 0 Å². The first-order chi connectivity index (χ1) is 7.27. The summed E-state index contributed by atoms with van der Waals surface area (Å²) in [6.07, 6.45) is 3.02. The number of carbonyl (C=O) groups excluding carboxylic acids is 1. The van der Waals surface area contributed by atoms with Crippen LogP contribution in [0.15, 0.2) is 22.8 Å². The van der Waals surface area contributed by atoms with Crippen LogP contribution in [0.25, 0.3) is 0 Å². The van der Waals surface area contributed by atoms with Crippen LogP contribution in [-0.4, -0.2) is 18.9 Å². The fourth-order valence-electron chi connectivity index (χ4n) is 2.21. The zero-order valence-electron chi connectivity index (χ0n) is 9.03. The van der Waals surface area contributed by atoms with Crippen LogP contribution in [0.4, 0.5) is 0 Å². The van der Waals surface area contributed by atoms with Crippen molar-refractivity contribution in [3.63, 3.8) is 0 Å². The molecule has 15 heavy (non-hydrogen) atoms. The van der Waals surface area contributed by atoms with Crippen molar-refractivity contribution in [3.05, 3.63) is 24.2 Å². The van der Waals surface area contributed by atoms with Gasteiger partial charge in [-0.15, -0.1) is 0 Å². The fraction of sp³-hybridized carbons (Fsp3) is 0.583. The van der Waals surface area contributed by atoms with Gasteiger partial charge < -0.3 is 9.73 Å². The molecule has 2 unspecified atom stereocenters. The molecular weight excluding hydrogens is 190 g/mol. The second-order valence-corrected chi connectivity index (χ2v) is 4.30. The minimum Gasteiger partial charge on any atom is -0.469 e. The van der Waals surface area contributed by atoms with E-state index >= 15 is 0 Å². The SMILES string of the molecule is CC1CNCCC1C(=O)Cc1ccco1. The molecule has 2 rings (SSSR count). The van der Waals surface area contributed by atoms with E-state index in [1.54, 1.807) is 6.26 Å². The van der Waals surface area contributed by atoms with E-state index in [9.17, 15) is 4.79 Å². The molecule has 1 fully saturated rings. The Kier molecular flexibility index (Phi) is 3.21. The van der Waals surface area contributed by atoms with Gasteiger partial charge in [-0.3, -0.25) is 4.79 Å². The molecule has 0 amide bonds. The van der Waals surface area contributed by atoms with Gasteiger partial charge in [-0.1, -0.05) is 6.92 Å². The Labute approximate surface area is 89.9 Å². The van der Waals surface area contributed by atoms with E-state index in [1.165, 1.54) is 0 Å². The monoisotopic (exact) mass is 207 g/mol. The van der Waals surface area contributed by atoms with Gasteiger partial charge in [0.05, 0.1) is 12.7 Å². The number of rotatable bonds is 3. The van der Waals surface area contributed by atoms with Gasteiger partial charge in [-0.25, -0.2) is 0 Å². The number of nitrogens with one attached hydrogen (secondary N) is 1. The smallest absolute Gasteiger partial charge is 0.143 e. The predicted octanol–water partition coefficient (Wildman–Crippen LogP) is 1.64. The van der Waals surface area contributed by atoms with Crippen LogP contribution in [0.5, 0.6) is 0 Å². The quantitative estimate of drug-likeness (QED) is 0.819. The van der Waals surface area contributed by atoms with Crippen LogP contribution in [0.1, 0.15) is 19.1 Å². The Balaban J connectivity index is 1.95. The van der Waals surface area contributed by atoms with E-state index in [0.717, 1.165) is 25.3 Å². The molecule has 2 atom stereocenters. The number of carbonyl (C=O) groups is 1. The highest BCUT2D eigenvalue weighted by atomic mass is 16.3. The fourth-order valence-corrected chi connectivity index (χ4v) is 2.21. The molecule has 1 aliphatic rings. The summed E-state index contributed by atoms with van der Waals surface area (Å²) in [7, 11) is 0. The van der Waals surface area contributed by atoms with E-state index in [2.05, 4.69) is 12.2 Å². The van der Waals surface area contributed by atoms with Gasteiger partial charge in [0.25, 0.3) is 0 Å². The number of hydrogen-bond acceptors (Lipinski definition) is 3. The minimum atomic E-state index is 0.205. The van der Waals surface area contributed by atoms with Crippen LogP contribution in [0.2, 0.25) is 0 Å². The third-order valence-electron chi connectivity index (χ3n) is 3.13. The highest BCUT2D eigenvalue weighted by Crippen LogP contribution is 2.21. The van der Waals surface area contributed by atoms with Crippen molar-refractivity contribution >= 4 is 5.78 Å². The van der Waals surface area contributed by atoms with E-state index < -0.39 is 0 Å². The molecule has 2 heterocycles. The van der Waals surface area contributed by atoms with Crippen molar-refractivity contribution in [1.82, 2.24) is 5.32 Å². The highest BCUT2D eigenvalue weighted by molar-refractivity contribution is 5.83.